The Balaban J connectivity index is 2.24. The van der Waals surface area contributed by atoms with E-state index < -0.39 is 0 Å². The first-order valence-corrected chi connectivity index (χ1v) is 6.81. The minimum absolute atomic E-state index is 0.254. The molecule has 0 N–H and O–H groups in total. The molecule has 0 aliphatic heterocycles. The summed E-state index contributed by atoms with van der Waals surface area (Å²) in [5.41, 5.74) is 0. The van der Waals surface area contributed by atoms with Gasteiger partial charge in [0.05, 0.1) is 12.0 Å². The fraction of sp³-hybridized carbons (Fsp3) is 0.615. The summed E-state index contributed by atoms with van der Waals surface area (Å²) in [5.74, 6) is 1.05. The maximum atomic E-state index is 11.8. The Morgan fingerprint density at radius 2 is 2.06 bits per heavy atom. The summed E-state index contributed by atoms with van der Waals surface area (Å²) in [4.78, 5) is 12.6. The third-order valence-electron chi connectivity index (χ3n) is 2.59. The Labute approximate surface area is 102 Å². The van der Waals surface area contributed by atoms with Crippen molar-refractivity contribution in [1.82, 2.24) is 0 Å². The highest BCUT2D eigenvalue weighted by atomic mass is 32.1. The van der Waals surface area contributed by atoms with Gasteiger partial charge in [0.2, 0.25) is 0 Å². The number of carbonyl (C=O) groups excluding carboxylic acids is 1. The van der Waals surface area contributed by atoms with Gasteiger partial charge in [-0.15, -0.1) is 11.3 Å². The molecule has 0 aliphatic carbocycles. The Bertz CT molecular complexity index is 317. The number of ketones is 1. The highest BCUT2D eigenvalue weighted by Gasteiger charge is 2.08. The van der Waals surface area contributed by atoms with E-state index in [1.165, 1.54) is 37.0 Å². The number of carbonyl (C=O) groups is 1. The predicted octanol–water partition coefficient (Wildman–Crippen LogP) is 4.30. The molecule has 0 spiro atoms. The van der Waals surface area contributed by atoms with Gasteiger partial charge >= 0.3 is 0 Å². The molecule has 0 aromatic carbocycles. The lowest BCUT2D eigenvalue weighted by Crippen LogP contribution is -1.95. The van der Waals surface area contributed by atoms with E-state index in [2.05, 4.69) is 6.92 Å². The summed E-state index contributed by atoms with van der Waals surface area (Å²) >= 11 is 1.48. The monoisotopic (exact) mass is 240 g/mol. The average molecular weight is 240 g/mol. The molecule has 90 valence electrons. The molecule has 1 aromatic heterocycles. The average Bonchev–Trinajstić information content (AvgIpc) is 2.77. The molecule has 3 heteroatoms. The molecule has 1 heterocycles. The highest BCUT2D eigenvalue weighted by molar-refractivity contribution is 7.12. The van der Waals surface area contributed by atoms with Gasteiger partial charge in [-0.3, -0.25) is 4.79 Å². The highest BCUT2D eigenvalue weighted by Crippen LogP contribution is 2.23. The molecule has 1 aromatic rings. The zero-order chi connectivity index (χ0) is 11.8. The summed E-state index contributed by atoms with van der Waals surface area (Å²) in [6.45, 7) is 2.20. The standard InChI is InChI=1S/C13H20O2S/c1-3-4-5-6-7-8-12(14)13-9-11(15-2)10-16-13/h9-10H,3-8H2,1-2H3. The van der Waals surface area contributed by atoms with Crippen molar-refractivity contribution in [1.29, 1.82) is 0 Å². The van der Waals surface area contributed by atoms with Gasteiger partial charge in [-0.1, -0.05) is 32.6 Å². The summed E-state index contributed by atoms with van der Waals surface area (Å²) < 4.78 is 5.06. The van der Waals surface area contributed by atoms with Crippen molar-refractivity contribution < 1.29 is 9.53 Å². The van der Waals surface area contributed by atoms with Gasteiger partial charge in [0.15, 0.2) is 5.78 Å². The number of hydrogen-bond acceptors (Lipinski definition) is 3. The first-order valence-electron chi connectivity index (χ1n) is 5.93. The van der Waals surface area contributed by atoms with E-state index in [-0.39, 0.29) is 5.78 Å². The number of Topliss-reactive ketones (excluding diaryl/α,β-unsaturated/α-hetero) is 1. The third-order valence-corrected chi connectivity index (χ3v) is 3.54. The minimum Gasteiger partial charge on any atom is -0.496 e. The van der Waals surface area contributed by atoms with E-state index in [9.17, 15) is 4.79 Å². The van der Waals surface area contributed by atoms with Crippen molar-refractivity contribution in [2.45, 2.75) is 45.4 Å². The molecule has 0 saturated heterocycles. The van der Waals surface area contributed by atoms with Crippen molar-refractivity contribution in [3.63, 3.8) is 0 Å². The molecule has 16 heavy (non-hydrogen) atoms. The summed E-state index contributed by atoms with van der Waals surface area (Å²) in [6, 6.07) is 1.83. The zero-order valence-corrected chi connectivity index (χ0v) is 10.9. The molecular formula is C13H20O2S. The molecule has 0 unspecified atom stereocenters. The van der Waals surface area contributed by atoms with E-state index >= 15 is 0 Å². The van der Waals surface area contributed by atoms with Crippen LogP contribution in [0.4, 0.5) is 0 Å². The van der Waals surface area contributed by atoms with Crippen molar-refractivity contribution in [2.24, 2.45) is 0 Å². The van der Waals surface area contributed by atoms with Crippen LogP contribution in [0.15, 0.2) is 11.4 Å². The zero-order valence-electron chi connectivity index (χ0n) is 10.1. The van der Waals surface area contributed by atoms with E-state index in [1.807, 2.05) is 11.4 Å². The molecular weight excluding hydrogens is 220 g/mol. The van der Waals surface area contributed by atoms with Gasteiger partial charge in [-0.2, -0.15) is 0 Å². The first kappa shape index (κ1) is 13.2. The molecule has 0 atom stereocenters. The number of unbranched alkanes of at least 4 members (excludes halogenated alkanes) is 4. The fourth-order valence-electron chi connectivity index (χ4n) is 1.58. The maximum absolute atomic E-state index is 11.8. The number of hydrogen-bond donors (Lipinski definition) is 0. The topological polar surface area (TPSA) is 26.3 Å². The van der Waals surface area contributed by atoms with Crippen LogP contribution in [0.3, 0.4) is 0 Å². The van der Waals surface area contributed by atoms with Gasteiger partial charge in [-0.25, -0.2) is 0 Å². The molecule has 0 bridgehead atoms. The van der Waals surface area contributed by atoms with Crippen molar-refractivity contribution >= 4 is 17.1 Å². The summed E-state index contributed by atoms with van der Waals surface area (Å²) in [6.07, 6.45) is 6.63. The third kappa shape index (κ3) is 4.35. The second-order valence-electron chi connectivity index (χ2n) is 3.94. The van der Waals surface area contributed by atoms with Gasteiger partial charge in [0, 0.05) is 17.9 Å². The normalized spacial score (nSPS) is 10.4. The molecule has 0 radical (unpaired) electrons. The Morgan fingerprint density at radius 3 is 2.69 bits per heavy atom. The van der Waals surface area contributed by atoms with Crippen molar-refractivity contribution in [3.8, 4) is 5.75 Å². The SMILES string of the molecule is CCCCCCCC(=O)c1cc(OC)cs1. The van der Waals surface area contributed by atoms with Crippen LogP contribution in [-0.4, -0.2) is 12.9 Å². The molecule has 1 rings (SSSR count). The molecule has 0 amide bonds. The molecule has 0 saturated carbocycles. The molecule has 0 fully saturated rings. The second kappa shape index (κ2) is 7.44. The van der Waals surface area contributed by atoms with Crippen LogP contribution in [0.25, 0.3) is 0 Å². The maximum Gasteiger partial charge on any atom is 0.172 e. The van der Waals surface area contributed by atoms with Gasteiger partial charge in [0.25, 0.3) is 0 Å². The first-order chi connectivity index (χ1) is 7.77. The van der Waals surface area contributed by atoms with E-state index in [4.69, 9.17) is 4.74 Å². The Morgan fingerprint density at radius 1 is 1.31 bits per heavy atom. The quantitative estimate of drug-likeness (QED) is 0.500. The Kier molecular flexibility index (Phi) is 6.16. The van der Waals surface area contributed by atoms with Gasteiger partial charge in [0.1, 0.15) is 5.75 Å². The Hall–Kier alpha value is -0.830. The van der Waals surface area contributed by atoms with Crippen LogP contribution < -0.4 is 4.74 Å². The lowest BCUT2D eigenvalue weighted by molar-refractivity contribution is 0.0983. The van der Waals surface area contributed by atoms with Crippen LogP contribution in [0.1, 0.15) is 55.1 Å². The van der Waals surface area contributed by atoms with Gasteiger partial charge < -0.3 is 4.74 Å². The fourth-order valence-corrected chi connectivity index (χ4v) is 2.41. The number of methoxy groups -OCH3 is 1. The van der Waals surface area contributed by atoms with E-state index in [0.29, 0.717) is 6.42 Å². The lowest BCUT2D eigenvalue weighted by atomic mass is 10.1. The van der Waals surface area contributed by atoms with E-state index in [1.54, 1.807) is 7.11 Å². The van der Waals surface area contributed by atoms with Crippen molar-refractivity contribution in [2.75, 3.05) is 7.11 Å². The smallest absolute Gasteiger partial charge is 0.172 e. The van der Waals surface area contributed by atoms with E-state index in [0.717, 1.165) is 17.0 Å². The number of rotatable bonds is 8. The minimum atomic E-state index is 0.254. The number of ether oxygens (including phenoxy) is 1. The molecule has 0 aliphatic rings. The van der Waals surface area contributed by atoms with Crippen LogP contribution >= 0.6 is 11.3 Å². The molecule has 2 nitrogen and oxygen atoms in total. The van der Waals surface area contributed by atoms with Crippen LogP contribution in [0.2, 0.25) is 0 Å². The summed E-state index contributed by atoms with van der Waals surface area (Å²) in [7, 11) is 1.63. The predicted molar refractivity (Wildman–Crippen MR) is 68.6 cm³/mol. The van der Waals surface area contributed by atoms with Gasteiger partial charge in [-0.05, 0) is 6.42 Å². The largest absolute Gasteiger partial charge is 0.496 e. The van der Waals surface area contributed by atoms with Crippen LogP contribution in [0.5, 0.6) is 5.75 Å². The summed E-state index contributed by atoms with van der Waals surface area (Å²) in [5, 5.41) is 1.88. The van der Waals surface area contributed by atoms with Crippen LogP contribution in [-0.2, 0) is 0 Å². The number of thiophene rings is 1. The van der Waals surface area contributed by atoms with Crippen LogP contribution in [0, 0.1) is 0 Å². The van der Waals surface area contributed by atoms with Crippen molar-refractivity contribution in [3.05, 3.63) is 16.3 Å². The lowest BCUT2D eigenvalue weighted by Gasteiger charge is -1.98. The second-order valence-corrected chi connectivity index (χ2v) is 4.85.